The highest BCUT2D eigenvalue weighted by Gasteiger charge is 2.13. The standard InChI is InChI=1S/C16H14Br2O3/c1-9-3-4-11(5-10(9)2)8-21-15-13(17)6-12(16(19)20)7-14(15)18/h3-7H,8H2,1-2H3,(H,19,20). The first kappa shape index (κ1) is 16.0. The van der Waals surface area contributed by atoms with Crippen molar-refractivity contribution in [1.82, 2.24) is 0 Å². The summed E-state index contributed by atoms with van der Waals surface area (Å²) in [6, 6.07) is 9.23. The second kappa shape index (κ2) is 6.62. The molecule has 0 saturated heterocycles. The van der Waals surface area contributed by atoms with E-state index in [2.05, 4.69) is 57.8 Å². The molecule has 0 atom stereocenters. The molecule has 0 amide bonds. The Balaban J connectivity index is 2.20. The molecule has 0 bridgehead atoms. The molecule has 3 nitrogen and oxygen atoms in total. The van der Waals surface area contributed by atoms with Crippen molar-refractivity contribution in [3.05, 3.63) is 61.5 Å². The third-order valence-electron chi connectivity index (χ3n) is 3.20. The van der Waals surface area contributed by atoms with Gasteiger partial charge in [0.05, 0.1) is 14.5 Å². The van der Waals surface area contributed by atoms with Crippen molar-refractivity contribution in [2.75, 3.05) is 0 Å². The van der Waals surface area contributed by atoms with Crippen LogP contribution in [0, 0.1) is 13.8 Å². The predicted molar refractivity (Wildman–Crippen MR) is 89.0 cm³/mol. The summed E-state index contributed by atoms with van der Waals surface area (Å²) >= 11 is 6.70. The molecule has 2 rings (SSSR count). The van der Waals surface area contributed by atoms with Gasteiger partial charge >= 0.3 is 5.97 Å². The molecule has 0 spiro atoms. The van der Waals surface area contributed by atoms with Gasteiger partial charge in [0.1, 0.15) is 12.4 Å². The minimum Gasteiger partial charge on any atom is -0.487 e. The second-order valence-electron chi connectivity index (χ2n) is 4.78. The molecule has 0 aliphatic carbocycles. The molecule has 2 aromatic rings. The van der Waals surface area contributed by atoms with E-state index < -0.39 is 5.97 Å². The molecular weight excluding hydrogens is 400 g/mol. The lowest BCUT2D eigenvalue weighted by atomic mass is 10.1. The summed E-state index contributed by atoms with van der Waals surface area (Å²) in [5.74, 6) is -0.379. The first-order valence-corrected chi connectivity index (χ1v) is 7.88. The Hall–Kier alpha value is -1.33. The fraction of sp³-hybridized carbons (Fsp3) is 0.188. The van der Waals surface area contributed by atoms with Crippen molar-refractivity contribution >= 4 is 37.8 Å². The molecule has 0 aliphatic heterocycles. The van der Waals surface area contributed by atoms with E-state index in [1.807, 2.05) is 6.07 Å². The van der Waals surface area contributed by atoms with Crippen molar-refractivity contribution in [3.8, 4) is 5.75 Å². The smallest absolute Gasteiger partial charge is 0.335 e. The Kier molecular flexibility index (Phi) is 5.06. The molecule has 0 fully saturated rings. The summed E-state index contributed by atoms with van der Waals surface area (Å²) in [5, 5.41) is 9.01. The van der Waals surface area contributed by atoms with Gasteiger partial charge in [-0.25, -0.2) is 4.79 Å². The Morgan fingerprint density at radius 2 is 1.71 bits per heavy atom. The van der Waals surface area contributed by atoms with Crippen LogP contribution >= 0.6 is 31.9 Å². The van der Waals surface area contributed by atoms with Gasteiger partial charge in [-0.3, -0.25) is 0 Å². The van der Waals surface area contributed by atoms with Crippen molar-refractivity contribution in [1.29, 1.82) is 0 Å². The zero-order valence-electron chi connectivity index (χ0n) is 11.6. The summed E-state index contributed by atoms with van der Waals surface area (Å²) < 4.78 is 7.02. The summed E-state index contributed by atoms with van der Waals surface area (Å²) in [6.07, 6.45) is 0. The quantitative estimate of drug-likeness (QED) is 0.757. The molecule has 2 aromatic carbocycles. The number of ether oxygens (including phenoxy) is 1. The van der Waals surface area contributed by atoms with Crippen LogP contribution in [0.5, 0.6) is 5.75 Å². The Bertz CT molecular complexity index is 673. The summed E-state index contributed by atoms with van der Waals surface area (Å²) in [6.45, 7) is 4.55. The van der Waals surface area contributed by atoms with Crippen LogP contribution in [0.15, 0.2) is 39.3 Å². The van der Waals surface area contributed by atoms with Gasteiger partial charge in [0.2, 0.25) is 0 Å². The fourth-order valence-electron chi connectivity index (χ4n) is 1.87. The van der Waals surface area contributed by atoms with Gasteiger partial charge in [0.15, 0.2) is 0 Å². The molecule has 1 N–H and O–H groups in total. The van der Waals surface area contributed by atoms with Crippen LogP contribution < -0.4 is 4.74 Å². The topological polar surface area (TPSA) is 46.5 Å². The van der Waals surface area contributed by atoms with Gasteiger partial charge in [-0.05, 0) is 74.5 Å². The first-order chi connectivity index (χ1) is 9.88. The maximum absolute atomic E-state index is 11.0. The van der Waals surface area contributed by atoms with E-state index >= 15 is 0 Å². The lowest BCUT2D eigenvalue weighted by Crippen LogP contribution is -2.01. The van der Waals surface area contributed by atoms with Crippen LogP contribution in [0.25, 0.3) is 0 Å². The molecule has 5 heteroatoms. The molecule has 110 valence electrons. The van der Waals surface area contributed by atoms with E-state index in [-0.39, 0.29) is 5.56 Å². The number of hydrogen-bond acceptors (Lipinski definition) is 2. The fourth-order valence-corrected chi connectivity index (χ4v) is 3.29. The lowest BCUT2D eigenvalue weighted by Gasteiger charge is -2.12. The monoisotopic (exact) mass is 412 g/mol. The average Bonchev–Trinajstić information content (AvgIpc) is 2.41. The second-order valence-corrected chi connectivity index (χ2v) is 6.49. The maximum atomic E-state index is 11.0. The minimum absolute atomic E-state index is 0.201. The molecule has 0 saturated carbocycles. The van der Waals surface area contributed by atoms with Crippen LogP contribution in [0.2, 0.25) is 0 Å². The average molecular weight is 414 g/mol. The summed E-state index contributed by atoms with van der Waals surface area (Å²) in [7, 11) is 0. The number of rotatable bonds is 4. The van der Waals surface area contributed by atoms with Crippen LogP contribution in [0.3, 0.4) is 0 Å². The largest absolute Gasteiger partial charge is 0.487 e. The number of carbonyl (C=O) groups is 1. The number of carboxylic acid groups (broad SMARTS) is 1. The van der Waals surface area contributed by atoms with Crippen LogP contribution in [0.1, 0.15) is 27.0 Å². The number of halogens is 2. The lowest BCUT2D eigenvalue weighted by molar-refractivity contribution is 0.0696. The molecule has 21 heavy (non-hydrogen) atoms. The molecule has 0 radical (unpaired) electrons. The molecule has 0 aliphatic rings. The number of carboxylic acids is 1. The van der Waals surface area contributed by atoms with Crippen molar-refractivity contribution in [2.45, 2.75) is 20.5 Å². The van der Waals surface area contributed by atoms with Gasteiger partial charge in [-0.2, -0.15) is 0 Å². The van der Waals surface area contributed by atoms with Crippen LogP contribution in [-0.4, -0.2) is 11.1 Å². The normalized spacial score (nSPS) is 10.5. The van der Waals surface area contributed by atoms with Gasteiger partial charge in [-0.1, -0.05) is 18.2 Å². The highest BCUT2D eigenvalue weighted by Crippen LogP contribution is 2.35. The number of aromatic carboxylic acids is 1. The Labute approximate surface area is 140 Å². The zero-order valence-corrected chi connectivity index (χ0v) is 14.8. The number of hydrogen-bond donors (Lipinski definition) is 1. The first-order valence-electron chi connectivity index (χ1n) is 6.29. The zero-order chi connectivity index (χ0) is 15.6. The molecule has 0 aromatic heterocycles. The van der Waals surface area contributed by atoms with Crippen molar-refractivity contribution in [3.63, 3.8) is 0 Å². The van der Waals surface area contributed by atoms with Crippen molar-refractivity contribution < 1.29 is 14.6 Å². The van der Waals surface area contributed by atoms with Crippen LogP contribution in [0.4, 0.5) is 0 Å². The summed E-state index contributed by atoms with van der Waals surface area (Å²) in [4.78, 5) is 11.0. The van der Waals surface area contributed by atoms with Gasteiger partial charge in [0.25, 0.3) is 0 Å². The maximum Gasteiger partial charge on any atom is 0.335 e. The highest BCUT2D eigenvalue weighted by atomic mass is 79.9. The van der Waals surface area contributed by atoms with E-state index in [1.165, 1.54) is 23.3 Å². The number of benzene rings is 2. The highest BCUT2D eigenvalue weighted by molar-refractivity contribution is 9.11. The van der Waals surface area contributed by atoms with Gasteiger partial charge in [0, 0.05) is 0 Å². The Morgan fingerprint density at radius 1 is 1.10 bits per heavy atom. The minimum atomic E-state index is -0.975. The van der Waals surface area contributed by atoms with E-state index in [0.29, 0.717) is 21.3 Å². The van der Waals surface area contributed by atoms with E-state index in [9.17, 15) is 4.79 Å². The van der Waals surface area contributed by atoms with Gasteiger partial charge in [-0.15, -0.1) is 0 Å². The molecular formula is C16H14Br2O3. The van der Waals surface area contributed by atoms with Gasteiger partial charge < -0.3 is 9.84 Å². The SMILES string of the molecule is Cc1ccc(COc2c(Br)cc(C(=O)O)cc2Br)cc1C. The molecule has 0 unspecified atom stereocenters. The Morgan fingerprint density at radius 3 is 2.24 bits per heavy atom. The van der Waals surface area contributed by atoms with Crippen molar-refractivity contribution in [2.24, 2.45) is 0 Å². The van der Waals surface area contributed by atoms with Crippen LogP contribution in [-0.2, 0) is 6.61 Å². The van der Waals surface area contributed by atoms with E-state index in [0.717, 1.165) is 5.56 Å². The number of aryl methyl sites for hydroxylation is 2. The molecule has 0 heterocycles. The van der Waals surface area contributed by atoms with E-state index in [4.69, 9.17) is 9.84 Å². The van der Waals surface area contributed by atoms with E-state index in [1.54, 1.807) is 0 Å². The summed E-state index contributed by atoms with van der Waals surface area (Å²) in [5.41, 5.74) is 3.73. The third kappa shape index (κ3) is 3.86. The third-order valence-corrected chi connectivity index (χ3v) is 4.38. The predicted octanol–water partition coefficient (Wildman–Crippen LogP) is 5.11.